The Labute approximate surface area is 150 Å². The fourth-order valence-corrected chi connectivity index (χ4v) is 3.59. The smallest absolute Gasteiger partial charge is 0.252 e. The van der Waals surface area contributed by atoms with Gasteiger partial charge in [0.15, 0.2) is 11.5 Å². The zero-order chi connectivity index (χ0) is 18.7. The van der Waals surface area contributed by atoms with Crippen molar-refractivity contribution in [2.24, 2.45) is 0 Å². The summed E-state index contributed by atoms with van der Waals surface area (Å²) in [7, 11) is -0.673. The number of pyridine rings is 1. The monoisotopic (exact) mass is 374 g/mol. The number of benzene rings is 2. The molecule has 0 fully saturated rings. The summed E-state index contributed by atoms with van der Waals surface area (Å²) in [6.45, 7) is -0.128. The van der Waals surface area contributed by atoms with Crippen molar-refractivity contribution in [3.63, 3.8) is 0 Å². The van der Waals surface area contributed by atoms with E-state index in [4.69, 9.17) is 9.47 Å². The Balaban J connectivity index is 1.93. The van der Waals surface area contributed by atoms with Crippen LogP contribution in [0.3, 0.4) is 0 Å². The van der Waals surface area contributed by atoms with E-state index in [9.17, 15) is 13.2 Å². The zero-order valence-corrected chi connectivity index (χ0v) is 15.1. The number of rotatable bonds is 6. The number of nitrogens with one attached hydrogen (secondary N) is 2. The predicted molar refractivity (Wildman–Crippen MR) is 98.1 cm³/mol. The average molecular weight is 374 g/mol. The van der Waals surface area contributed by atoms with Gasteiger partial charge < -0.3 is 14.5 Å². The van der Waals surface area contributed by atoms with Crippen LogP contribution in [0, 0.1) is 0 Å². The first kappa shape index (κ1) is 18.0. The lowest BCUT2D eigenvalue weighted by molar-refractivity contribution is 0.356. The number of fused-ring (bicyclic) bond motifs is 1. The third-order valence-corrected chi connectivity index (χ3v) is 5.35. The first-order valence-electron chi connectivity index (χ1n) is 7.77. The standard InChI is InChI=1S/C18H18N2O5S/c1-24-16-9-12-8-13(18(21)20-15(12)10-17(16)25-2)11-19-26(22,23)14-6-4-3-5-7-14/h3-10,19H,11H2,1-2H3,(H,20,21). The van der Waals surface area contributed by atoms with Gasteiger partial charge in [0.1, 0.15) is 0 Å². The number of ether oxygens (including phenoxy) is 2. The largest absolute Gasteiger partial charge is 0.493 e. The summed E-state index contributed by atoms with van der Waals surface area (Å²) >= 11 is 0. The molecule has 0 saturated heterocycles. The van der Waals surface area contributed by atoms with Gasteiger partial charge in [0.2, 0.25) is 10.0 Å². The van der Waals surface area contributed by atoms with Gasteiger partial charge in [0.25, 0.3) is 5.56 Å². The van der Waals surface area contributed by atoms with Gasteiger partial charge in [0, 0.05) is 23.6 Å². The highest BCUT2D eigenvalue weighted by molar-refractivity contribution is 7.89. The van der Waals surface area contributed by atoms with E-state index in [1.54, 1.807) is 36.4 Å². The Morgan fingerprint density at radius 3 is 2.31 bits per heavy atom. The van der Waals surface area contributed by atoms with Crippen LogP contribution in [0.25, 0.3) is 10.9 Å². The van der Waals surface area contributed by atoms with Crippen molar-refractivity contribution in [3.8, 4) is 11.5 Å². The average Bonchev–Trinajstić information content (AvgIpc) is 2.66. The van der Waals surface area contributed by atoms with Crippen LogP contribution in [0.5, 0.6) is 11.5 Å². The topological polar surface area (TPSA) is 97.5 Å². The van der Waals surface area contributed by atoms with Crippen LogP contribution < -0.4 is 19.8 Å². The van der Waals surface area contributed by atoms with Crippen molar-refractivity contribution >= 4 is 20.9 Å². The van der Waals surface area contributed by atoms with E-state index in [1.165, 1.54) is 26.4 Å². The summed E-state index contributed by atoms with van der Waals surface area (Å²) in [5.41, 5.74) is 0.493. The highest BCUT2D eigenvalue weighted by atomic mass is 32.2. The Morgan fingerprint density at radius 2 is 1.65 bits per heavy atom. The van der Waals surface area contributed by atoms with E-state index in [0.29, 0.717) is 28.0 Å². The lowest BCUT2D eigenvalue weighted by Gasteiger charge is -2.10. The van der Waals surface area contributed by atoms with Crippen LogP contribution in [0.2, 0.25) is 0 Å². The van der Waals surface area contributed by atoms with Crippen LogP contribution in [-0.2, 0) is 16.6 Å². The van der Waals surface area contributed by atoms with Gasteiger partial charge in [-0.15, -0.1) is 0 Å². The maximum Gasteiger partial charge on any atom is 0.252 e. The lowest BCUT2D eigenvalue weighted by Crippen LogP contribution is -2.26. The SMILES string of the molecule is COc1cc2cc(CNS(=O)(=O)c3ccccc3)c(=O)[nH]c2cc1OC. The highest BCUT2D eigenvalue weighted by Gasteiger charge is 2.15. The number of aromatic nitrogens is 1. The van der Waals surface area contributed by atoms with Gasteiger partial charge in [-0.3, -0.25) is 4.79 Å². The van der Waals surface area contributed by atoms with E-state index in [2.05, 4.69) is 9.71 Å². The van der Waals surface area contributed by atoms with E-state index in [-0.39, 0.29) is 17.0 Å². The van der Waals surface area contributed by atoms with Crippen molar-refractivity contribution in [2.45, 2.75) is 11.4 Å². The minimum atomic E-state index is -3.70. The van der Waals surface area contributed by atoms with Gasteiger partial charge in [0.05, 0.1) is 24.6 Å². The summed E-state index contributed by atoms with van der Waals surface area (Å²) in [6.07, 6.45) is 0. The van der Waals surface area contributed by atoms with Crippen LogP contribution >= 0.6 is 0 Å². The first-order valence-corrected chi connectivity index (χ1v) is 9.25. The first-order chi connectivity index (χ1) is 12.4. The van der Waals surface area contributed by atoms with Crippen LogP contribution in [-0.4, -0.2) is 27.6 Å². The molecule has 0 aliphatic carbocycles. The van der Waals surface area contributed by atoms with Crippen molar-refractivity contribution in [3.05, 3.63) is 64.4 Å². The molecule has 0 unspecified atom stereocenters. The van der Waals surface area contributed by atoms with Gasteiger partial charge in [-0.25, -0.2) is 13.1 Å². The Bertz CT molecular complexity index is 1090. The molecular weight excluding hydrogens is 356 g/mol. The van der Waals surface area contributed by atoms with Gasteiger partial charge in [-0.2, -0.15) is 0 Å². The molecule has 1 heterocycles. The number of hydrogen-bond acceptors (Lipinski definition) is 5. The maximum atomic E-state index is 12.3. The number of hydrogen-bond donors (Lipinski definition) is 2. The Morgan fingerprint density at radius 1 is 1.00 bits per heavy atom. The third-order valence-electron chi connectivity index (χ3n) is 3.93. The van der Waals surface area contributed by atoms with Crippen molar-refractivity contribution in [1.29, 1.82) is 0 Å². The number of methoxy groups -OCH3 is 2. The highest BCUT2D eigenvalue weighted by Crippen LogP contribution is 2.31. The molecule has 0 atom stereocenters. The minimum absolute atomic E-state index is 0.128. The molecule has 2 aromatic carbocycles. The molecule has 3 rings (SSSR count). The molecule has 3 aromatic rings. The van der Waals surface area contributed by atoms with Crippen LogP contribution in [0.4, 0.5) is 0 Å². The Kier molecular flexibility index (Phi) is 4.97. The third kappa shape index (κ3) is 3.56. The minimum Gasteiger partial charge on any atom is -0.493 e. The fourth-order valence-electron chi connectivity index (χ4n) is 2.57. The molecule has 0 amide bonds. The molecule has 0 aliphatic rings. The number of aromatic amines is 1. The van der Waals surface area contributed by atoms with Crippen LogP contribution in [0.15, 0.2) is 58.2 Å². The molecule has 0 spiro atoms. The van der Waals surface area contributed by atoms with Gasteiger partial charge in [-0.1, -0.05) is 18.2 Å². The van der Waals surface area contributed by atoms with Gasteiger partial charge >= 0.3 is 0 Å². The lowest BCUT2D eigenvalue weighted by atomic mass is 10.1. The maximum absolute atomic E-state index is 12.3. The molecule has 136 valence electrons. The normalized spacial score (nSPS) is 11.5. The quantitative estimate of drug-likeness (QED) is 0.688. The predicted octanol–water partition coefficient (Wildman–Crippen LogP) is 2.02. The molecule has 8 heteroatoms. The van der Waals surface area contributed by atoms with Gasteiger partial charge in [-0.05, 0) is 24.3 Å². The molecule has 7 nitrogen and oxygen atoms in total. The van der Waals surface area contributed by atoms with Crippen LogP contribution in [0.1, 0.15) is 5.56 Å². The molecule has 2 N–H and O–H groups in total. The number of sulfonamides is 1. The summed E-state index contributed by atoms with van der Waals surface area (Å²) in [4.78, 5) is 15.2. The van der Waals surface area contributed by atoms with Crippen molar-refractivity contribution < 1.29 is 17.9 Å². The summed E-state index contributed by atoms with van der Waals surface area (Å²) in [5, 5.41) is 0.705. The molecule has 0 bridgehead atoms. The van der Waals surface area contributed by atoms with E-state index in [0.717, 1.165) is 0 Å². The molecular formula is C18H18N2O5S. The second-order valence-corrected chi connectivity index (χ2v) is 7.32. The fraction of sp³-hybridized carbons (Fsp3) is 0.167. The summed E-state index contributed by atoms with van der Waals surface area (Å²) in [5.74, 6) is 1.01. The molecule has 0 aliphatic heterocycles. The molecule has 0 radical (unpaired) electrons. The van der Waals surface area contributed by atoms with Crippen molar-refractivity contribution in [2.75, 3.05) is 14.2 Å². The molecule has 0 saturated carbocycles. The zero-order valence-electron chi connectivity index (χ0n) is 14.3. The summed E-state index contributed by atoms with van der Waals surface area (Å²) < 4.78 is 37.5. The molecule has 26 heavy (non-hydrogen) atoms. The Hall–Kier alpha value is -2.84. The second-order valence-electron chi connectivity index (χ2n) is 5.56. The number of H-pyrrole nitrogens is 1. The summed E-state index contributed by atoms with van der Waals surface area (Å²) in [6, 6.07) is 13.0. The van der Waals surface area contributed by atoms with E-state index in [1.807, 2.05) is 0 Å². The second kappa shape index (κ2) is 7.19. The van der Waals surface area contributed by atoms with E-state index < -0.39 is 10.0 Å². The van der Waals surface area contributed by atoms with E-state index >= 15 is 0 Å². The molecule has 1 aromatic heterocycles. The van der Waals surface area contributed by atoms with Crippen molar-refractivity contribution in [1.82, 2.24) is 9.71 Å².